The van der Waals surface area contributed by atoms with Gasteiger partial charge in [-0.3, -0.25) is 5.84 Å². The van der Waals surface area contributed by atoms with Gasteiger partial charge in [-0.2, -0.15) is 0 Å². The van der Waals surface area contributed by atoms with E-state index in [4.69, 9.17) is 11.6 Å². The number of nitrogens with two attached hydrogens (primary N) is 2. The molecule has 0 aliphatic heterocycles. The van der Waals surface area contributed by atoms with Crippen molar-refractivity contribution >= 4 is 27.1 Å². The van der Waals surface area contributed by atoms with Gasteiger partial charge in [-0.1, -0.05) is 18.2 Å². The Morgan fingerprint density at radius 1 is 1.10 bits per heavy atom. The summed E-state index contributed by atoms with van der Waals surface area (Å²) < 4.78 is 14.6. The summed E-state index contributed by atoms with van der Waals surface area (Å²) in [7, 11) is 0. The molecule has 0 spiro atoms. The van der Waals surface area contributed by atoms with Crippen LogP contribution >= 0.6 is 11.3 Å². The molecule has 1 atom stereocenters. The number of hydrogen-bond acceptors (Lipinski definition) is 4. The van der Waals surface area contributed by atoms with E-state index in [1.165, 1.54) is 12.1 Å². The Hall–Kier alpha value is -1.95. The average Bonchev–Trinajstić information content (AvgIpc) is 2.92. The second kappa shape index (κ2) is 5.20. The molecule has 0 radical (unpaired) electrons. The van der Waals surface area contributed by atoms with Crippen LogP contribution in [-0.2, 0) is 0 Å². The Morgan fingerprint density at radius 2 is 1.95 bits per heavy atom. The van der Waals surface area contributed by atoms with Gasteiger partial charge < -0.3 is 5.73 Å². The second-order valence-corrected chi connectivity index (χ2v) is 5.48. The molecular weight excluding hydrogens is 273 g/mol. The molecule has 3 aromatic rings. The lowest BCUT2D eigenvalue weighted by Crippen LogP contribution is -2.29. The van der Waals surface area contributed by atoms with E-state index in [1.54, 1.807) is 17.4 Å². The molecule has 5 N–H and O–H groups in total. The molecular formula is C15H14FN3S. The van der Waals surface area contributed by atoms with E-state index in [9.17, 15) is 4.39 Å². The SMILES string of the molecule is NNC(c1cc(F)ccc1N)c1cccc2ccsc12. The predicted octanol–water partition coefficient (Wildman–Crippen LogP) is 3.18. The zero-order valence-corrected chi connectivity index (χ0v) is 11.5. The third-order valence-electron chi connectivity index (χ3n) is 3.35. The first kappa shape index (κ1) is 13.1. The number of hydrazine groups is 1. The van der Waals surface area contributed by atoms with Crippen LogP contribution in [0.3, 0.4) is 0 Å². The van der Waals surface area contributed by atoms with Crippen molar-refractivity contribution in [3.8, 4) is 0 Å². The molecule has 0 bridgehead atoms. The molecule has 0 aliphatic carbocycles. The van der Waals surface area contributed by atoms with E-state index in [-0.39, 0.29) is 11.9 Å². The van der Waals surface area contributed by atoms with Gasteiger partial charge in [0.05, 0.1) is 6.04 Å². The molecule has 0 aliphatic rings. The lowest BCUT2D eigenvalue weighted by molar-refractivity contribution is 0.608. The molecule has 0 amide bonds. The molecule has 1 unspecified atom stereocenters. The number of hydrogen-bond donors (Lipinski definition) is 3. The fourth-order valence-corrected chi connectivity index (χ4v) is 3.33. The quantitative estimate of drug-likeness (QED) is 0.394. The van der Waals surface area contributed by atoms with Gasteiger partial charge in [0, 0.05) is 16.0 Å². The summed E-state index contributed by atoms with van der Waals surface area (Å²) in [5.74, 6) is 5.37. The van der Waals surface area contributed by atoms with Crippen LogP contribution in [0.5, 0.6) is 0 Å². The van der Waals surface area contributed by atoms with Gasteiger partial charge in [0.2, 0.25) is 0 Å². The highest BCUT2D eigenvalue weighted by Crippen LogP contribution is 2.34. The highest BCUT2D eigenvalue weighted by molar-refractivity contribution is 7.17. The monoisotopic (exact) mass is 287 g/mol. The number of thiophene rings is 1. The van der Waals surface area contributed by atoms with Crippen LogP contribution in [0.4, 0.5) is 10.1 Å². The van der Waals surface area contributed by atoms with Gasteiger partial charge >= 0.3 is 0 Å². The zero-order valence-electron chi connectivity index (χ0n) is 10.6. The fraction of sp³-hybridized carbons (Fsp3) is 0.0667. The summed E-state index contributed by atoms with van der Waals surface area (Å²) in [5, 5.41) is 3.17. The van der Waals surface area contributed by atoms with E-state index in [0.29, 0.717) is 11.3 Å². The summed E-state index contributed by atoms with van der Waals surface area (Å²) in [5.41, 5.74) is 10.9. The van der Waals surface area contributed by atoms with Gasteiger partial charge in [-0.25, -0.2) is 9.82 Å². The maximum absolute atomic E-state index is 13.5. The van der Waals surface area contributed by atoms with Crippen LogP contribution in [0, 0.1) is 5.82 Å². The van der Waals surface area contributed by atoms with Crippen molar-refractivity contribution in [3.05, 3.63) is 64.8 Å². The van der Waals surface area contributed by atoms with Crippen LogP contribution in [-0.4, -0.2) is 0 Å². The average molecular weight is 287 g/mol. The van der Waals surface area contributed by atoms with E-state index in [2.05, 4.69) is 5.43 Å². The van der Waals surface area contributed by atoms with Crippen molar-refractivity contribution in [2.75, 3.05) is 5.73 Å². The third-order valence-corrected chi connectivity index (χ3v) is 4.33. The van der Waals surface area contributed by atoms with Gasteiger partial charge in [0.15, 0.2) is 0 Å². The molecule has 3 rings (SSSR count). The summed E-state index contributed by atoms with van der Waals surface area (Å²) >= 11 is 1.63. The minimum atomic E-state index is -0.340. The minimum absolute atomic E-state index is 0.326. The molecule has 2 aromatic carbocycles. The van der Waals surface area contributed by atoms with Gasteiger partial charge in [0.25, 0.3) is 0 Å². The number of anilines is 1. The number of rotatable bonds is 3. The van der Waals surface area contributed by atoms with Gasteiger partial charge in [0.1, 0.15) is 5.82 Å². The van der Waals surface area contributed by atoms with E-state index >= 15 is 0 Å². The molecule has 5 heteroatoms. The fourth-order valence-electron chi connectivity index (χ4n) is 2.39. The van der Waals surface area contributed by atoms with Crippen molar-refractivity contribution in [2.24, 2.45) is 5.84 Å². The Balaban J connectivity index is 2.19. The maximum Gasteiger partial charge on any atom is 0.123 e. The number of halogens is 1. The molecule has 3 nitrogen and oxygen atoms in total. The van der Waals surface area contributed by atoms with Gasteiger partial charge in [-0.05, 0) is 40.6 Å². The van der Waals surface area contributed by atoms with Crippen LogP contribution < -0.4 is 17.0 Å². The van der Waals surface area contributed by atoms with Crippen molar-refractivity contribution in [2.45, 2.75) is 6.04 Å². The Bertz CT molecular complexity index is 754. The van der Waals surface area contributed by atoms with Crippen molar-refractivity contribution in [1.82, 2.24) is 5.43 Å². The molecule has 1 heterocycles. The molecule has 0 saturated carbocycles. The zero-order chi connectivity index (χ0) is 14.1. The number of nitrogens with one attached hydrogen (secondary N) is 1. The maximum atomic E-state index is 13.5. The van der Waals surface area contributed by atoms with Crippen molar-refractivity contribution in [1.29, 1.82) is 0 Å². The lowest BCUT2D eigenvalue weighted by Gasteiger charge is -2.19. The lowest BCUT2D eigenvalue weighted by atomic mass is 9.97. The number of nitrogen functional groups attached to an aromatic ring is 1. The highest BCUT2D eigenvalue weighted by atomic mass is 32.1. The van der Waals surface area contributed by atoms with Crippen LogP contribution in [0.15, 0.2) is 47.8 Å². The first-order chi connectivity index (χ1) is 9.70. The Morgan fingerprint density at radius 3 is 2.75 bits per heavy atom. The van der Waals surface area contributed by atoms with E-state index in [0.717, 1.165) is 15.6 Å². The largest absolute Gasteiger partial charge is 0.398 e. The molecule has 102 valence electrons. The smallest absolute Gasteiger partial charge is 0.123 e. The molecule has 20 heavy (non-hydrogen) atoms. The third kappa shape index (κ3) is 2.16. The number of benzene rings is 2. The molecule has 0 saturated heterocycles. The number of fused-ring (bicyclic) bond motifs is 1. The minimum Gasteiger partial charge on any atom is -0.398 e. The summed E-state index contributed by atoms with van der Waals surface area (Å²) in [4.78, 5) is 0. The van der Waals surface area contributed by atoms with Crippen LogP contribution in [0.25, 0.3) is 10.1 Å². The van der Waals surface area contributed by atoms with Gasteiger partial charge in [-0.15, -0.1) is 11.3 Å². The van der Waals surface area contributed by atoms with E-state index < -0.39 is 0 Å². The predicted molar refractivity (Wildman–Crippen MR) is 81.8 cm³/mol. The summed E-state index contributed by atoms with van der Waals surface area (Å²) in [6.45, 7) is 0. The molecule has 1 aromatic heterocycles. The first-order valence-electron chi connectivity index (χ1n) is 6.18. The van der Waals surface area contributed by atoms with Crippen molar-refractivity contribution < 1.29 is 4.39 Å². The first-order valence-corrected chi connectivity index (χ1v) is 7.06. The van der Waals surface area contributed by atoms with E-state index in [1.807, 2.05) is 29.6 Å². The second-order valence-electron chi connectivity index (χ2n) is 4.56. The Kier molecular flexibility index (Phi) is 3.40. The topological polar surface area (TPSA) is 64.1 Å². The summed E-state index contributed by atoms with van der Waals surface area (Å²) in [6, 6.07) is 12.0. The van der Waals surface area contributed by atoms with Crippen LogP contribution in [0.1, 0.15) is 17.2 Å². The summed E-state index contributed by atoms with van der Waals surface area (Å²) in [6.07, 6.45) is 0. The van der Waals surface area contributed by atoms with Crippen molar-refractivity contribution in [3.63, 3.8) is 0 Å². The highest BCUT2D eigenvalue weighted by Gasteiger charge is 2.18. The molecule has 0 fully saturated rings. The Labute approximate surface area is 120 Å². The standard InChI is InChI=1S/C15H14FN3S/c16-10-4-5-13(17)12(8-10)14(19-18)11-3-1-2-9-6-7-20-15(9)11/h1-8,14,19H,17-18H2. The van der Waals surface area contributed by atoms with Crippen LogP contribution in [0.2, 0.25) is 0 Å². The normalized spacial score (nSPS) is 12.7.